The highest BCUT2D eigenvalue weighted by Crippen LogP contribution is 2.30. The van der Waals surface area contributed by atoms with Crippen LogP contribution >= 0.6 is 0 Å². The van der Waals surface area contributed by atoms with Crippen molar-refractivity contribution in [1.29, 1.82) is 0 Å². The third kappa shape index (κ3) is 1.91. The second-order valence-corrected chi connectivity index (χ2v) is 4.37. The molecule has 0 aromatic heterocycles. The van der Waals surface area contributed by atoms with Gasteiger partial charge in [-0.05, 0) is 29.2 Å². The average Bonchev–Trinajstić information content (AvgIpc) is 2.86. The first-order valence-corrected chi connectivity index (χ1v) is 5.90. The number of benzene rings is 2. The highest BCUT2D eigenvalue weighted by Gasteiger charge is 2.16. The van der Waals surface area contributed by atoms with Gasteiger partial charge in [-0.1, -0.05) is 42.5 Å². The minimum Gasteiger partial charge on any atom is -0.384 e. The van der Waals surface area contributed by atoms with E-state index in [2.05, 4.69) is 5.32 Å². The Morgan fingerprint density at radius 3 is 2.65 bits per heavy atom. The number of anilines is 1. The van der Waals surface area contributed by atoms with E-state index in [0.717, 1.165) is 29.8 Å². The molecule has 86 valence electrons. The Balaban J connectivity index is 1.94. The fraction of sp³-hybridized carbons (Fsp3) is 0.200. The third-order valence-corrected chi connectivity index (χ3v) is 3.22. The molecule has 1 unspecified atom stereocenters. The Morgan fingerprint density at radius 2 is 1.82 bits per heavy atom. The lowest BCUT2D eigenvalue weighted by Crippen LogP contribution is -1.95. The molecule has 1 aliphatic rings. The minimum absolute atomic E-state index is 0.721. The molecule has 1 heterocycles. The van der Waals surface area contributed by atoms with Crippen LogP contribution in [-0.2, 0) is 6.42 Å². The smallest absolute Gasteiger partial charge is 0.150 e. The maximum Gasteiger partial charge on any atom is 0.150 e. The third-order valence-electron chi connectivity index (χ3n) is 3.22. The summed E-state index contributed by atoms with van der Waals surface area (Å²) in [5.74, 6) is 0. The zero-order chi connectivity index (χ0) is 11.7. The lowest BCUT2D eigenvalue weighted by Gasteiger charge is -2.10. The Hall–Kier alpha value is -1.83. The van der Waals surface area contributed by atoms with Crippen molar-refractivity contribution in [2.24, 2.45) is 0 Å². The van der Waals surface area contributed by atoms with Crippen molar-refractivity contribution in [2.75, 3.05) is 11.9 Å². The van der Waals surface area contributed by atoms with Crippen molar-refractivity contribution in [2.45, 2.75) is 12.6 Å². The number of hydrogen-bond donors (Lipinski definition) is 1. The van der Waals surface area contributed by atoms with E-state index < -0.39 is 6.17 Å². The quantitative estimate of drug-likeness (QED) is 0.824. The van der Waals surface area contributed by atoms with Crippen molar-refractivity contribution in [3.63, 3.8) is 0 Å². The summed E-state index contributed by atoms with van der Waals surface area (Å²) in [6.45, 7) is 0.959. The first kappa shape index (κ1) is 10.3. The topological polar surface area (TPSA) is 12.0 Å². The van der Waals surface area contributed by atoms with Crippen LogP contribution in [0.15, 0.2) is 48.5 Å². The summed E-state index contributed by atoms with van der Waals surface area (Å²) in [7, 11) is 0. The fourth-order valence-electron chi connectivity index (χ4n) is 2.30. The molecular weight excluding hydrogens is 213 g/mol. The van der Waals surface area contributed by atoms with Crippen LogP contribution in [0.5, 0.6) is 0 Å². The summed E-state index contributed by atoms with van der Waals surface area (Å²) in [5.41, 5.74) is 3.84. The van der Waals surface area contributed by atoms with Crippen molar-refractivity contribution in [1.82, 2.24) is 0 Å². The van der Waals surface area contributed by atoms with E-state index in [4.69, 9.17) is 0 Å². The molecule has 0 radical (unpaired) electrons. The zero-order valence-corrected chi connectivity index (χ0v) is 9.49. The van der Waals surface area contributed by atoms with Gasteiger partial charge in [-0.25, -0.2) is 4.39 Å². The molecule has 2 heteroatoms. The van der Waals surface area contributed by atoms with Gasteiger partial charge < -0.3 is 5.32 Å². The van der Waals surface area contributed by atoms with Gasteiger partial charge >= 0.3 is 0 Å². The van der Waals surface area contributed by atoms with Crippen LogP contribution in [0.2, 0.25) is 0 Å². The normalized spacial score (nSPS) is 15.1. The lowest BCUT2D eigenvalue weighted by atomic mass is 10.00. The van der Waals surface area contributed by atoms with Crippen LogP contribution in [0, 0.1) is 0 Å². The molecule has 17 heavy (non-hydrogen) atoms. The minimum atomic E-state index is -1.03. The van der Waals surface area contributed by atoms with Gasteiger partial charge in [0.05, 0.1) is 0 Å². The number of alkyl halides is 1. The van der Waals surface area contributed by atoms with Gasteiger partial charge in [-0.2, -0.15) is 0 Å². The molecule has 1 N–H and O–H groups in total. The van der Waals surface area contributed by atoms with Crippen LogP contribution in [0.4, 0.5) is 10.1 Å². The zero-order valence-electron chi connectivity index (χ0n) is 9.49. The average molecular weight is 227 g/mol. The van der Waals surface area contributed by atoms with Crippen LogP contribution in [-0.4, -0.2) is 6.54 Å². The maximum absolute atomic E-state index is 14.3. The van der Waals surface area contributed by atoms with Crippen molar-refractivity contribution in [3.8, 4) is 0 Å². The second-order valence-electron chi connectivity index (χ2n) is 4.37. The molecule has 2 aromatic rings. The highest BCUT2D eigenvalue weighted by atomic mass is 19.1. The Bertz CT molecular complexity index is 522. The monoisotopic (exact) mass is 227 g/mol. The lowest BCUT2D eigenvalue weighted by molar-refractivity contribution is 0.402. The molecule has 0 aliphatic carbocycles. The summed E-state index contributed by atoms with van der Waals surface area (Å²) in [4.78, 5) is 0. The van der Waals surface area contributed by atoms with Crippen molar-refractivity contribution >= 4 is 5.69 Å². The fourth-order valence-corrected chi connectivity index (χ4v) is 2.30. The molecule has 2 aromatic carbocycles. The van der Waals surface area contributed by atoms with Crippen LogP contribution in [0.25, 0.3) is 0 Å². The molecule has 0 saturated heterocycles. The van der Waals surface area contributed by atoms with Crippen molar-refractivity contribution < 1.29 is 4.39 Å². The summed E-state index contributed by atoms with van der Waals surface area (Å²) in [5, 5.41) is 3.28. The molecule has 1 aliphatic heterocycles. The maximum atomic E-state index is 14.3. The number of fused-ring (bicyclic) bond motifs is 1. The summed E-state index contributed by atoms with van der Waals surface area (Å²) < 4.78 is 14.3. The van der Waals surface area contributed by atoms with Gasteiger partial charge in [-0.3, -0.25) is 0 Å². The SMILES string of the molecule is FC(c1ccccc1)c1ccc2c(c1)CCN2. The Morgan fingerprint density at radius 1 is 1.00 bits per heavy atom. The second kappa shape index (κ2) is 4.21. The molecule has 0 saturated carbocycles. The molecule has 1 nitrogen and oxygen atoms in total. The Kier molecular flexibility index (Phi) is 2.56. The van der Waals surface area contributed by atoms with Crippen molar-refractivity contribution in [3.05, 3.63) is 65.2 Å². The van der Waals surface area contributed by atoms with E-state index in [1.165, 1.54) is 5.56 Å². The first-order chi connectivity index (χ1) is 8.34. The summed E-state index contributed by atoms with van der Waals surface area (Å²) in [6.07, 6.45) is -0.0351. The van der Waals surface area contributed by atoms with Gasteiger partial charge in [0, 0.05) is 12.2 Å². The number of nitrogens with one attached hydrogen (secondary N) is 1. The predicted molar refractivity (Wildman–Crippen MR) is 68.0 cm³/mol. The largest absolute Gasteiger partial charge is 0.384 e. The molecular formula is C15H14FN. The van der Waals surface area contributed by atoms with Gasteiger partial charge in [0.15, 0.2) is 6.17 Å². The predicted octanol–water partition coefficient (Wildman–Crippen LogP) is 3.71. The standard InChI is InChI=1S/C15H14FN/c16-15(11-4-2-1-3-5-11)13-6-7-14-12(10-13)8-9-17-14/h1-7,10,15,17H,8-9H2. The van der Waals surface area contributed by atoms with Crippen LogP contribution in [0.1, 0.15) is 22.9 Å². The number of halogens is 1. The van der Waals surface area contributed by atoms with Gasteiger partial charge in [0.1, 0.15) is 0 Å². The van der Waals surface area contributed by atoms with E-state index >= 15 is 0 Å². The number of hydrogen-bond acceptors (Lipinski definition) is 1. The first-order valence-electron chi connectivity index (χ1n) is 5.90. The van der Waals surface area contributed by atoms with Gasteiger partial charge in [0.25, 0.3) is 0 Å². The van der Waals surface area contributed by atoms with E-state index in [9.17, 15) is 4.39 Å². The van der Waals surface area contributed by atoms with E-state index in [1.807, 2.05) is 48.5 Å². The summed E-state index contributed by atoms with van der Waals surface area (Å²) in [6, 6.07) is 15.1. The highest BCUT2D eigenvalue weighted by molar-refractivity contribution is 5.57. The molecule has 1 atom stereocenters. The van der Waals surface area contributed by atoms with Gasteiger partial charge in [-0.15, -0.1) is 0 Å². The molecule has 0 spiro atoms. The molecule has 0 bridgehead atoms. The molecule has 0 amide bonds. The van der Waals surface area contributed by atoms with Gasteiger partial charge in [0.2, 0.25) is 0 Å². The number of rotatable bonds is 2. The van der Waals surface area contributed by atoms with E-state index in [-0.39, 0.29) is 0 Å². The molecule has 0 fully saturated rings. The van der Waals surface area contributed by atoms with E-state index in [1.54, 1.807) is 0 Å². The van der Waals surface area contributed by atoms with E-state index in [0.29, 0.717) is 0 Å². The Labute approximate surface area is 100 Å². The molecule has 3 rings (SSSR count). The summed E-state index contributed by atoms with van der Waals surface area (Å²) >= 11 is 0. The van der Waals surface area contributed by atoms with Crippen LogP contribution < -0.4 is 5.32 Å². The van der Waals surface area contributed by atoms with Crippen LogP contribution in [0.3, 0.4) is 0 Å².